The van der Waals surface area contributed by atoms with Crippen LogP contribution in [-0.2, 0) is 38.3 Å². The summed E-state index contributed by atoms with van der Waals surface area (Å²) in [6.45, 7) is 19.8. The zero-order chi connectivity index (χ0) is 58.1. The number of nitrogens with zero attached hydrogens (tertiary/aromatic N) is 4. The molecule has 3 heterocycles. The summed E-state index contributed by atoms with van der Waals surface area (Å²) in [4.78, 5) is 11.5. The van der Waals surface area contributed by atoms with Crippen LogP contribution in [0.25, 0.3) is 22.3 Å². The quantitative estimate of drug-likeness (QED) is 0.0952. The van der Waals surface area contributed by atoms with E-state index in [2.05, 4.69) is 222 Å². The topological polar surface area (TPSA) is 31.8 Å². The molecule has 9 aromatic carbocycles. The Morgan fingerprint density at radius 3 is 1.80 bits per heavy atom. The first-order valence-electron chi connectivity index (χ1n) is 29.4. The third-order valence-corrected chi connectivity index (χ3v) is 19.9. The zero-order valence-corrected chi connectivity index (χ0v) is 49.1. The van der Waals surface area contributed by atoms with Crippen molar-refractivity contribution in [3.63, 3.8) is 0 Å². The maximum absolute atomic E-state index is 9.31. The van der Waals surface area contributed by atoms with Crippen molar-refractivity contribution >= 4 is 68.8 Å². The third-order valence-electron chi connectivity index (χ3n) is 15.1. The van der Waals surface area contributed by atoms with Crippen LogP contribution in [0.1, 0.15) is 78.9 Å². The standard InChI is InChI=1S/C72H65N4OSi.Pt/c1-50(2)42-51-40-41-73-69(43-51)76-65-36-20-21-37-67(65)78(59-28-14-10-15-29-59,60-30-16-11-17-31-60)68-39-38-58(48-66(68)76)77-57-27-22-26-56(47-57)74-49-75(64-35-19-18-34-63(64)74)70-61(52-24-12-9-13-25-52)32-23-33-62(70)53-44-54(71(3,4)5)46-55(45-53)72(6,7)8;/h9-41,43-46,49-50H,42H2,1-8H3;/q-3;/i9D,12D,13D,24D,25D;. The van der Waals surface area contributed by atoms with Gasteiger partial charge in [-0.2, -0.15) is 12.1 Å². The average Bonchev–Trinajstić information content (AvgIpc) is 0.859. The van der Waals surface area contributed by atoms with Gasteiger partial charge in [0.25, 0.3) is 0 Å². The van der Waals surface area contributed by atoms with Crippen LogP contribution in [0.3, 0.4) is 0 Å². The van der Waals surface area contributed by atoms with Gasteiger partial charge in [-0.3, -0.25) is 0 Å². The Morgan fingerprint density at radius 2 is 1.15 bits per heavy atom. The molecule has 0 radical (unpaired) electrons. The summed E-state index contributed by atoms with van der Waals surface area (Å²) in [6.07, 6.45) is 2.83. The molecule has 0 spiro atoms. The van der Waals surface area contributed by atoms with E-state index in [-0.39, 0.29) is 49.5 Å². The van der Waals surface area contributed by atoms with Gasteiger partial charge in [0, 0.05) is 72.6 Å². The predicted molar refractivity (Wildman–Crippen MR) is 329 cm³/mol. The minimum Gasteiger partial charge on any atom is -0.509 e. The molecule has 0 N–H and O–H groups in total. The smallest absolute Gasteiger partial charge is 0.135 e. The van der Waals surface area contributed by atoms with Gasteiger partial charge < -0.3 is 19.4 Å². The van der Waals surface area contributed by atoms with Gasteiger partial charge in [-0.15, -0.1) is 47.9 Å². The largest absolute Gasteiger partial charge is 0.509 e. The summed E-state index contributed by atoms with van der Waals surface area (Å²) in [5, 5.41) is 4.95. The van der Waals surface area contributed by atoms with Crippen LogP contribution in [-0.4, -0.2) is 13.1 Å². The number of pyridine rings is 1. The number of para-hydroxylation sites is 4. The molecule has 12 rings (SSSR count). The van der Waals surface area contributed by atoms with Crippen LogP contribution < -0.4 is 40.2 Å². The number of fused-ring (bicyclic) bond motifs is 3. The van der Waals surface area contributed by atoms with Crippen molar-refractivity contribution in [2.45, 2.75) is 72.6 Å². The fraction of sp³-hybridized carbons (Fsp3) is 0.167. The first-order valence-corrected chi connectivity index (χ1v) is 28.9. The maximum Gasteiger partial charge on any atom is 0.135 e. The number of hydrogen-bond acceptors (Lipinski definition) is 5. The Labute approximate surface area is 490 Å². The number of benzene rings is 9. The van der Waals surface area contributed by atoms with E-state index in [9.17, 15) is 2.74 Å². The number of hydrogen-bond donors (Lipinski definition) is 0. The van der Waals surface area contributed by atoms with Crippen LogP contribution in [0.5, 0.6) is 11.5 Å². The Kier molecular flexibility index (Phi) is 12.8. The van der Waals surface area contributed by atoms with Crippen LogP contribution in [0, 0.1) is 24.7 Å². The van der Waals surface area contributed by atoms with Crippen molar-refractivity contribution in [1.82, 2.24) is 4.98 Å². The molecule has 0 amide bonds. The summed E-state index contributed by atoms with van der Waals surface area (Å²) >= 11 is 0. The molecule has 0 bridgehead atoms. The number of aromatic nitrogens is 1. The molecule has 5 nitrogen and oxygen atoms in total. The van der Waals surface area contributed by atoms with Crippen molar-refractivity contribution in [2.24, 2.45) is 5.92 Å². The fourth-order valence-electron chi connectivity index (χ4n) is 11.3. The predicted octanol–water partition coefficient (Wildman–Crippen LogP) is 16.2. The van der Waals surface area contributed by atoms with Crippen molar-refractivity contribution < 1.29 is 32.7 Å². The second-order valence-corrected chi connectivity index (χ2v) is 26.6. The van der Waals surface area contributed by atoms with Crippen LogP contribution in [0.15, 0.2) is 224 Å². The first-order chi connectivity index (χ1) is 39.8. The van der Waals surface area contributed by atoms with Crippen molar-refractivity contribution in [2.75, 3.05) is 14.7 Å². The van der Waals surface area contributed by atoms with Crippen molar-refractivity contribution in [3.8, 4) is 33.8 Å². The van der Waals surface area contributed by atoms with E-state index in [4.69, 9.17) is 13.8 Å². The molecular formula is C72H65N4OPtSi-3. The molecule has 0 aliphatic carbocycles. The van der Waals surface area contributed by atoms with Gasteiger partial charge in [0.05, 0.1) is 6.85 Å². The first kappa shape index (κ1) is 47.3. The molecule has 0 unspecified atom stereocenters. The average molecular weight is 1230 g/mol. The van der Waals surface area contributed by atoms with Gasteiger partial charge in [0.15, 0.2) is 0 Å². The van der Waals surface area contributed by atoms with E-state index in [0.717, 1.165) is 57.2 Å². The molecule has 7 heteroatoms. The third kappa shape index (κ3) is 9.96. The Bertz CT molecular complexity index is 4030. The van der Waals surface area contributed by atoms with Gasteiger partial charge in [0.1, 0.15) is 13.9 Å². The summed E-state index contributed by atoms with van der Waals surface area (Å²) in [7, 11) is -3.02. The van der Waals surface area contributed by atoms with Gasteiger partial charge >= 0.3 is 0 Å². The van der Waals surface area contributed by atoms with E-state index in [1.54, 1.807) is 0 Å². The van der Waals surface area contributed by atoms with E-state index in [1.165, 1.54) is 26.3 Å². The monoisotopic (exact) mass is 1230 g/mol. The molecule has 396 valence electrons. The molecule has 10 aromatic rings. The van der Waals surface area contributed by atoms with E-state index in [1.807, 2.05) is 61.4 Å². The van der Waals surface area contributed by atoms with E-state index >= 15 is 0 Å². The summed E-state index contributed by atoms with van der Waals surface area (Å²) in [6, 6.07) is 71.6. The van der Waals surface area contributed by atoms with E-state index < -0.39 is 26.2 Å². The summed E-state index contributed by atoms with van der Waals surface area (Å²) in [5.74, 6) is 2.26. The molecule has 0 atom stereocenters. The SMILES string of the molecule is [2H]c1c([2H])c([2H])c(-c2cccc(-c3cc(C(C)(C)C)cc(C(C)(C)C)c3)c2N2[CH-]N(c3[c-]c(Oc4[c-]c5c(cc4)[Si](c4ccccc4)(c4ccccc4)c4ccccc4N5c4cc(CC(C)C)ccn4)ccc3)c3ccccc32)c([2H])c1[2H].[Pt]. The van der Waals surface area contributed by atoms with Crippen LogP contribution >= 0.6 is 0 Å². The molecule has 2 aliphatic heterocycles. The second kappa shape index (κ2) is 21.5. The molecule has 2 aliphatic rings. The fourth-order valence-corrected chi connectivity index (χ4v) is 16.4. The Balaban J connectivity index is 0.00000736. The van der Waals surface area contributed by atoms with Gasteiger partial charge in [0.2, 0.25) is 0 Å². The molecule has 1 aromatic heterocycles. The minimum absolute atomic E-state index is 0. The summed E-state index contributed by atoms with van der Waals surface area (Å²) in [5.41, 5.74) is 10.5. The molecule has 79 heavy (non-hydrogen) atoms. The maximum atomic E-state index is 9.31. The Hall–Kier alpha value is -7.76. The molecular weight excluding hydrogens is 1160 g/mol. The van der Waals surface area contributed by atoms with Gasteiger partial charge in [-0.05, 0) is 86.5 Å². The number of ether oxygens (including phenoxy) is 1. The second-order valence-electron chi connectivity index (χ2n) is 22.9. The number of anilines is 7. The number of rotatable bonds is 11. The molecule has 0 fully saturated rings. The normalized spacial score (nSPS) is 14.5. The van der Waals surface area contributed by atoms with Crippen molar-refractivity contribution in [3.05, 3.63) is 260 Å². The van der Waals surface area contributed by atoms with Crippen molar-refractivity contribution in [1.29, 1.82) is 0 Å². The van der Waals surface area contributed by atoms with Gasteiger partial charge in [-0.25, -0.2) is 4.98 Å². The zero-order valence-electron chi connectivity index (χ0n) is 50.9. The minimum atomic E-state index is -3.02. The Morgan fingerprint density at radius 1 is 0.570 bits per heavy atom. The molecule has 0 saturated carbocycles. The van der Waals surface area contributed by atoms with Crippen LogP contribution in [0.4, 0.5) is 39.9 Å². The van der Waals surface area contributed by atoms with Crippen LogP contribution in [0.2, 0.25) is 0 Å². The van der Waals surface area contributed by atoms with Gasteiger partial charge in [-0.1, -0.05) is 229 Å². The summed E-state index contributed by atoms with van der Waals surface area (Å²) < 4.78 is 51.8. The van der Waals surface area contributed by atoms with E-state index in [0.29, 0.717) is 34.4 Å². The molecule has 0 saturated heterocycles.